The average Bonchev–Trinajstić information content (AvgIpc) is 0.814. The maximum Gasteiger partial charge on any atom is 0.227 e. The van der Waals surface area contributed by atoms with Crippen LogP contribution in [0.1, 0.15) is 225 Å². The van der Waals surface area contributed by atoms with Crippen molar-refractivity contribution in [2.75, 3.05) is 242 Å². The number of anilines is 11. The normalized spacial score (nSPS) is 17.2. The Morgan fingerprint density at radius 2 is 0.717 bits per heavy atom. The number of amides is 2. The largest absolute Gasteiger partial charge is 0.383 e. The van der Waals surface area contributed by atoms with Gasteiger partial charge in [-0.15, -0.1) is 0 Å². The molecule has 0 aromatic carbocycles. The maximum atomic E-state index is 11.9. The van der Waals surface area contributed by atoms with Crippen LogP contribution in [0.2, 0.25) is 0 Å². The topological polar surface area (TPSA) is 351 Å². The second-order valence-electron chi connectivity index (χ2n) is 40.8. The molecule has 34 heteroatoms. The fourth-order valence-electron chi connectivity index (χ4n) is 13.3. The number of piperazine rings is 2. The Balaban J connectivity index is 0.000000173. The molecule has 706 valence electrons. The Morgan fingerprint density at radius 3 is 1.02 bits per heavy atom. The summed E-state index contributed by atoms with van der Waals surface area (Å²) >= 11 is 0. The van der Waals surface area contributed by atoms with Crippen LogP contribution in [0.3, 0.4) is 0 Å². The van der Waals surface area contributed by atoms with Crippen molar-refractivity contribution in [1.29, 1.82) is 0 Å². The molecule has 127 heavy (non-hydrogen) atoms. The molecule has 8 aliphatic heterocycles. The molecule has 0 radical (unpaired) electrons. The van der Waals surface area contributed by atoms with Gasteiger partial charge in [0.1, 0.15) is 40.7 Å². The molecule has 14 rings (SSSR count). The van der Waals surface area contributed by atoms with Crippen LogP contribution in [0.25, 0.3) is 0 Å². The van der Waals surface area contributed by atoms with Crippen molar-refractivity contribution in [2.45, 2.75) is 254 Å². The molecule has 6 aromatic rings. The molecule has 8 fully saturated rings. The van der Waals surface area contributed by atoms with Crippen LogP contribution in [-0.4, -0.2) is 304 Å². The highest BCUT2D eigenvalue weighted by Gasteiger charge is 2.34. The summed E-state index contributed by atoms with van der Waals surface area (Å²) in [5, 5.41) is 23.9. The zero-order chi connectivity index (χ0) is 92.9. The van der Waals surface area contributed by atoms with Crippen molar-refractivity contribution in [3.05, 3.63) is 76.4 Å². The number of likely N-dealkylation sites (tertiary alicyclic amines) is 1. The molecule has 0 saturated carbocycles. The number of carbonyl (C=O) groups excluding carboxylic acids is 2. The van der Waals surface area contributed by atoms with Crippen LogP contribution in [0.4, 0.5) is 64.6 Å². The van der Waals surface area contributed by atoms with Gasteiger partial charge in [-0.1, -0.05) is 152 Å². The number of nitrogens with zero attached hydrogens (tertiary/aromatic N) is 19. The molecule has 2 amide bonds. The standard InChI is InChI=1S/C18H29N5O2.C16H26N4O.C15H25N5O.C15H26N4O2.C15H26N4O.C14H24N4O/c1-5-16(24)22-6-8-23(9-7-22)17-20-14(18(2,3)4)10-15(21-17)19-13-11-25-12-13;1-10(2)15-18-13(16(4,5)6)7-14(19-15)17-12-8-20(9-12)11(3)21;1-15(2,3)12-8-13(17-11-9-21-10-11)19-14(18-12)20-6-4-16-5-7-20;1-15(2,3)12-8-13(16-11-9-21-10-11)18-14(17-12)19(4)6-7-20-5;1-6-7-19(5)14-17-12(15(2,3)4)8-13(18-14)16-11-9-20-10-11;1-6-18(5)13-16-11(14(2,3)4)7-12(17-13)15-10-8-19-9-10/h10,13H,5-9,11-12H2,1-4H3,(H,19,20,21);7,10,12H,8-9H2,1-6H3,(H,17,18,19);8,11,16H,4-7,9-10H2,1-3H3,(H,17,18,19);8,11H,6-7,9-10H2,1-5H3,(H,16,17,18);8,11H,6-7,9-10H2,1-5H3,(H,16,17,18);7,10H,6,8-9H2,1-5H3,(H,15,16,17). The van der Waals surface area contributed by atoms with Crippen molar-refractivity contribution >= 4 is 76.5 Å². The molecule has 34 nitrogen and oxygen atoms in total. The number of rotatable bonds is 25. The zero-order valence-electron chi connectivity index (χ0n) is 82.2. The lowest BCUT2D eigenvalue weighted by Gasteiger charge is -2.39. The number of hydrogen-bond acceptors (Lipinski definition) is 32. The summed E-state index contributed by atoms with van der Waals surface area (Å²) in [4.78, 5) is 93.7. The average molecular weight is 1770 g/mol. The number of ether oxygens (including phenoxy) is 6. The number of methoxy groups -OCH3 is 1. The summed E-state index contributed by atoms with van der Waals surface area (Å²) < 4.78 is 31.2. The Labute approximate surface area is 758 Å². The first-order chi connectivity index (χ1) is 59.7. The molecule has 7 N–H and O–H groups in total. The van der Waals surface area contributed by atoms with E-state index in [9.17, 15) is 9.59 Å². The summed E-state index contributed by atoms with van der Waals surface area (Å²) in [5.41, 5.74) is 6.25. The van der Waals surface area contributed by atoms with Gasteiger partial charge in [0.05, 0.1) is 143 Å². The van der Waals surface area contributed by atoms with Crippen LogP contribution < -0.4 is 61.7 Å². The Hall–Kier alpha value is -9.06. The van der Waals surface area contributed by atoms with E-state index in [2.05, 4.69) is 251 Å². The van der Waals surface area contributed by atoms with E-state index in [4.69, 9.17) is 58.3 Å². The minimum absolute atomic E-state index is 0.00591. The van der Waals surface area contributed by atoms with Gasteiger partial charge in [-0.05, 0) is 13.3 Å². The van der Waals surface area contributed by atoms with Gasteiger partial charge < -0.3 is 99.9 Å². The zero-order valence-corrected chi connectivity index (χ0v) is 82.2. The van der Waals surface area contributed by atoms with Crippen LogP contribution >= 0.6 is 0 Å². The third kappa shape index (κ3) is 31.4. The number of hydrogen-bond donors (Lipinski definition) is 7. The molecule has 0 bridgehead atoms. The number of likely N-dealkylation sites (N-methyl/N-ethyl adjacent to an activating group) is 1. The lowest BCUT2D eigenvalue weighted by molar-refractivity contribution is -0.133. The van der Waals surface area contributed by atoms with Crippen molar-refractivity contribution < 1.29 is 38.0 Å². The van der Waals surface area contributed by atoms with Crippen molar-refractivity contribution in [2.24, 2.45) is 0 Å². The fraction of sp³-hybridized carbons (Fsp3) is 0.720. The molecule has 0 aliphatic carbocycles. The highest BCUT2D eigenvalue weighted by atomic mass is 16.5. The molecule has 0 atom stereocenters. The molecule has 8 aliphatic rings. The van der Waals surface area contributed by atoms with E-state index in [1.165, 1.54) is 0 Å². The highest BCUT2D eigenvalue weighted by molar-refractivity contribution is 5.76. The van der Waals surface area contributed by atoms with Gasteiger partial charge >= 0.3 is 0 Å². The van der Waals surface area contributed by atoms with Crippen LogP contribution in [0.15, 0.2) is 36.4 Å². The van der Waals surface area contributed by atoms with E-state index in [1.54, 1.807) is 14.0 Å². The maximum absolute atomic E-state index is 11.9. The van der Waals surface area contributed by atoms with Crippen molar-refractivity contribution in [1.82, 2.24) is 74.9 Å². The quantitative estimate of drug-likeness (QED) is 0.0280. The van der Waals surface area contributed by atoms with Crippen LogP contribution in [0.5, 0.6) is 0 Å². The number of aromatic nitrogens is 12. The van der Waals surface area contributed by atoms with Crippen molar-refractivity contribution in [3.8, 4) is 0 Å². The number of nitrogens with one attached hydrogen (secondary N) is 7. The van der Waals surface area contributed by atoms with Gasteiger partial charge in [0, 0.05) is 201 Å². The van der Waals surface area contributed by atoms with E-state index in [1.807, 2.05) is 67.0 Å². The molecular weight excluding hydrogens is 1610 g/mol. The van der Waals surface area contributed by atoms with Gasteiger partial charge in [0.2, 0.25) is 41.6 Å². The predicted octanol–water partition coefficient (Wildman–Crippen LogP) is 11.3. The first kappa shape index (κ1) is 102. The smallest absolute Gasteiger partial charge is 0.227 e. The monoisotopic (exact) mass is 1770 g/mol. The summed E-state index contributed by atoms with van der Waals surface area (Å²) in [5.74, 6) is 10.7. The summed E-state index contributed by atoms with van der Waals surface area (Å²) in [7, 11) is 7.74. The van der Waals surface area contributed by atoms with Crippen LogP contribution in [0, 0.1) is 0 Å². The first-order valence-corrected chi connectivity index (χ1v) is 46.0. The van der Waals surface area contributed by atoms with E-state index in [0.717, 1.165) is 262 Å². The molecule has 14 heterocycles. The first-order valence-electron chi connectivity index (χ1n) is 46.0. The Bertz CT molecular complexity index is 4420. The molecular formula is C93H156N26O8. The lowest BCUT2D eigenvalue weighted by Crippen LogP contribution is -2.56. The van der Waals surface area contributed by atoms with E-state index in [0.29, 0.717) is 49.2 Å². The summed E-state index contributed by atoms with van der Waals surface area (Å²) in [6.45, 7) is 70.1. The van der Waals surface area contributed by atoms with E-state index < -0.39 is 0 Å². The van der Waals surface area contributed by atoms with Gasteiger partial charge in [-0.25, -0.2) is 34.9 Å². The second kappa shape index (κ2) is 45.5. The third-order valence-electron chi connectivity index (χ3n) is 22.4. The van der Waals surface area contributed by atoms with Gasteiger partial charge in [-0.3, -0.25) is 9.59 Å². The van der Waals surface area contributed by atoms with E-state index in [-0.39, 0.29) is 50.3 Å². The van der Waals surface area contributed by atoms with Gasteiger partial charge in [0.25, 0.3) is 0 Å². The van der Waals surface area contributed by atoms with Crippen molar-refractivity contribution in [3.63, 3.8) is 0 Å². The molecule has 8 saturated heterocycles. The third-order valence-corrected chi connectivity index (χ3v) is 22.4. The Kier molecular flexibility index (Phi) is 36.4. The summed E-state index contributed by atoms with van der Waals surface area (Å²) in [6, 6.07) is 14.4. The van der Waals surface area contributed by atoms with Crippen LogP contribution in [-0.2, 0) is 70.5 Å². The highest BCUT2D eigenvalue weighted by Crippen LogP contribution is 2.33. The molecule has 0 unspecified atom stereocenters. The predicted molar refractivity (Wildman–Crippen MR) is 511 cm³/mol. The molecule has 0 spiro atoms. The number of carbonyl (C=O) groups is 2. The second-order valence-corrected chi connectivity index (χ2v) is 40.8. The fourth-order valence-corrected chi connectivity index (χ4v) is 13.3. The minimum atomic E-state index is -0.0514. The minimum Gasteiger partial charge on any atom is -0.383 e. The van der Waals surface area contributed by atoms with E-state index >= 15 is 0 Å². The summed E-state index contributed by atoms with van der Waals surface area (Å²) in [6.07, 6.45) is 1.65. The van der Waals surface area contributed by atoms with Gasteiger partial charge in [-0.2, -0.15) is 24.9 Å². The SMILES string of the molecule is CC(=O)N1CC(Nc2cc(C(C)(C)C)nc(C(C)C)n2)C1.CC(C)(C)c1cc(NC2COC2)nc(N2CCNCC2)n1.CCC(=O)N1CCN(c2nc(NC3COC3)cc(C(C)(C)C)n2)CC1.CCCN(C)c1nc(NC2COC2)cc(C(C)(C)C)n1.CCN(C)c1nc(NC2COC2)cc(C(C)(C)C)n1.COCCN(C)c1nc(NC2COC2)cc(C(C)(C)C)n1. The van der Waals surface area contributed by atoms with Gasteiger partial charge in [0.15, 0.2) is 0 Å². The molecule has 6 aromatic heterocycles. The lowest BCUT2D eigenvalue weighted by atomic mass is 9.91. The Morgan fingerprint density at radius 1 is 0.409 bits per heavy atom.